The van der Waals surface area contributed by atoms with Crippen molar-refractivity contribution in [2.24, 2.45) is 0 Å². The maximum Gasteiger partial charge on any atom is 0.339 e. The summed E-state index contributed by atoms with van der Waals surface area (Å²) in [4.78, 5) is 30.4. The number of aryl methyl sites for hydroxylation is 1. The number of carbonyl (C=O) groups excluding carboxylic acids is 2. The second kappa shape index (κ2) is 10.2. The maximum atomic E-state index is 13.1. The van der Waals surface area contributed by atoms with Gasteiger partial charge in [0, 0.05) is 21.1 Å². The van der Waals surface area contributed by atoms with Crippen molar-refractivity contribution in [3.05, 3.63) is 94.0 Å². The van der Waals surface area contributed by atoms with Gasteiger partial charge in [-0.3, -0.25) is 4.79 Å². The van der Waals surface area contributed by atoms with Crippen LogP contribution in [0.5, 0.6) is 0 Å². The van der Waals surface area contributed by atoms with Crippen molar-refractivity contribution in [3.8, 4) is 11.3 Å². The Hall–Kier alpha value is -3.51. The number of nitrogens with zero attached hydrogens (tertiary/aromatic N) is 1. The number of pyridine rings is 1. The number of ether oxygens (including phenoxy) is 1. The number of para-hydroxylation sites is 2. The van der Waals surface area contributed by atoms with Gasteiger partial charge in [-0.2, -0.15) is 0 Å². The fraction of sp³-hybridized carbons (Fsp3) is 0.179. The van der Waals surface area contributed by atoms with Gasteiger partial charge in [-0.1, -0.05) is 78.3 Å². The molecule has 4 rings (SSSR count). The first-order chi connectivity index (χ1) is 16.3. The third-order valence-electron chi connectivity index (χ3n) is 5.58. The van der Waals surface area contributed by atoms with E-state index in [9.17, 15) is 9.59 Å². The average Bonchev–Trinajstić information content (AvgIpc) is 2.83. The topological polar surface area (TPSA) is 68.3 Å². The Morgan fingerprint density at radius 1 is 1.00 bits per heavy atom. The van der Waals surface area contributed by atoms with E-state index in [0.717, 1.165) is 26.9 Å². The minimum Gasteiger partial charge on any atom is -0.452 e. The van der Waals surface area contributed by atoms with Gasteiger partial charge in [0.2, 0.25) is 0 Å². The Kier molecular flexibility index (Phi) is 7.08. The maximum absolute atomic E-state index is 13.1. The summed E-state index contributed by atoms with van der Waals surface area (Å²) in [5.74, 6) is -0.702. The predicted octanol–water partition coefficient (Wildman–Crippen LogP) is 6.89. The van der Waals surface area contributed by atoms with Crippen LogP contribution in [0.2, 0.25) is 0 Å². The van der Waals surface area contributed by atoms with Crippen LogP contribution in [0, 0.1) is 6.92 Å². The van der Waals surface area contributed by atoms with E-state index in [1.807, 2.05) is 73.7 Å². The molecule has 0 atom stereocenters. The number of aromatic nitrogens is 1. The van der Waals surface area contributed by atoms with E-state index < -0.39 is 5.97 Å². The molecule has 0 aliphatic carbocycles. The van der Waals surface area contributed by atoms with Crippen molar-refractivity contribution in [3.63, 3.8) is 0 Å². The molecule has 6 heteroatoms. The molecule has 1 N–H and O–H groups in total. The molecular weight excluding hydrogens is 492 g/mol. The molecule has 34 heavy (non-hydrogen) atoms. The Labute approximate surface area is 207 Å². The predicted molar refractivity (Wildman–Crippen MR) is 139 cm³/mol. The van der Waals surface area contributed by atoms with Crippen LogP contribution in [-0.2, 0) is 9.53 Å². The van der Waals surface area contributed by atoms with E-state index in [0.29, 0.717) is 22.2 Å². The molecule has 1 heterocycles. The van der Waals surface area contributed by atoms with E-state index in [4.69, 9.17) is 9.72 Å². The average molecular weight is 517 g/mol. The summed E-state index contributed by atoms with van der Waals surface area (Å²) in [5, 5.41) is 3.59. The zero-order valence-corrected chi connectivity index (χ0v) is 20.8. The van der Waals surface area contributed by atoms with E-state index in [1.165, 1.54) is 0 Å². The molecule has 4 aromatic rings. The molecule has 1 aromatic heterocycles. The number of benzene rings is 3. The van der Waals surface area contributed by atoms with Crippen molar-refractivity contribution in [1.29, 1.82) is 0 Å². The molecule has 0 saturated heterocycles. The first-order valence-corrected chi connectivity index (χ1v) is 11.8. The van der Waals surface area contributed by atoms with Gasteiger partial charge < -0.3 is 10.1 Å². The first kappa shape index (κ1) is 23.6. The van der Waals surface area contributed by atoms with Crippen LogP contribution in [0.25, 0.3) is 22.2 Å². The number of anilines is 1. The Morgan fingerprint density at radius 2 is 1.76 bits per heavy atom. The van der Waals surface area contributed by atoms with Crippen molar-refractivity contribution in [1.82, 2.24) is 4.98 Å². The van der Waals surface area contributed by atoms with Gasteiger partial charge >= 0.3 is 5.97 Å². The highest BCUT2D eigenvalue weighted by Gasteiger charge is 2.18. The molecule has 0 spiro atoms. The number of nitrogens with one attached hydrogen (secondary N) is 1. The van der Waals surface area contributed by atoms with Gasteiger partial charge in [-0.25, -0.2) is 9.78 Å². The second-order valence-corrected chi connectivity index (χ2v) is 9.32. The highest BCUT2D eigenvalue weighted by atomic mass is 79.9. The largest absolute Gasteiger partial charge is 0.452 e. The molecule has 0 unspecified atom stereocenters. The second-order valence-electron chi connectivity index (χ2n) is 8.40. The van der Waals surface area contributed by atoms with E-state index >= 15 is 0 Å². The minimum absolute atomic E-state index is 0.248. The molecule has 0 saturated carbocycles. The number of fused-ring (bicyclic) bond motifs is 1. The summed E-state index contributed by atoms with van der Waals surface area (Å²) >= 11 is 3.48. The van der Waals surface area contributed by atoms with Gasteiger partial charge in [-0.05, 0) is 48.2 Å². The lowest BCUT2D eigenvalue weighted by Gasteiger charge is -2.16. The van der Waals surface area contributed by atoms with Gasteiger partial charge in [0.1, 0.15) is 0 Å². The Bertz CT molecular complexity index is 1380. The highest BCUT2D eigenvalue weighted by molar-refractivity contribution is 9.10. The summed E-state index contributed by atoms with van der Waals surface area (Å²) in [5.41, 5.74) is 5.34. The van der Waals surface area contributed by atoms with Crippen molar-refractivity contribution in [2.75, 3.05) is 11.9 Å². The summed E-state index contributed by atoms with van der Waals surface area (Å²) in [6.45, 7) is 5.71. The Balaban J connectivity index is 1.57. The number of amides is 1. The summed E-state index contributed by atoms with van der Waals surface area (Å²) < 4.78 is 6.35. The van der Waals surface area contributed by atoms with Crippen molar-refractivity contribution in [2.45, 2.75) is 26.7 Å². The van der Waals surface area contributed by atoms with Gasteiger partial charge in [-0.15, -0.1) is 0 Å². The molecular formula is C28H25BrN2O3. The summed E-state index contributed by atoms with van der Waals surface area (Å²) in [7, 11) is 0. The molecule has 172 valence electrons. The van der Waals surface area contributed by atoms with Gasteiger partial charge in [0.25, 0.3) is 5.91 Å². The number of hydrogen-bond acceptors (Lipinski definition) is 4. The van der Waals surface area contributed by atoms with Crippen LogP contribution >= 0.6 is 15.9 Å². The smallest absolute Gasteiger partial charge is 0.339 e. The molecule has 0 bridgehead atoms. The van der Waals surface area contributed by atoms with Crippen LogP contribution in [0.15, 0.2) is 77.3 Å². The monoisotopic (exact) mass is 516 g/mol. The molecule has 0 aliphatic heterocycles. The number of carbonyl (C=O) groups is 2. The molecule has 0 radical (unpaired) electrons. The van der Waals surface area contributed by atoms with Crippen molar-refractivity contribution < 1.29 is 14.3 Å². The molecule has 5 nitrogen and oxygen atoms in total. The standard InChI is InChI=1S/C28H25BrN2O3/c1-17(2)21-12-6-8-18(3)27(21)31-26(32)16-34-28(33)23-15-25(19-9-7-10-20(29)14-19)30-24-13-5-4-11-22(23)24/h4-15,17H,16H2,1-3H3,(H,31,32). The molecule has 1 amide bonds. The third-order valence-corrected chi connectivity index (χ3v) is 6.08. The molecule has 0 aliphatic rings. The Morgan fingerprint density at radius 3 is 2.53 bits per heavy atom. The van der Waals surface area contributed by atoms with E-state index in [1.54, 1.807) is 6.07 Å². The van der Waals surface area contributed by atoms with Crippen LogP contribution in [0.4, 0.5) is 5.69 Å². The van der Waals surface area contributed by atoms with Crippen LogP contribution in [-0.4, -0.2) is 23.5 Å². The fourth-order valence-electron chi connectivity index (χ4n) is 3.87. The number of rotatable bonds is 6. The zero-order valence-electron chi connectivity index (χ0n) is 19.3. The quantitative estimate of drug-likeness (QED) is 0.283. The molecule has 3 aromatic carbocycles. The van der Waals surface area contributed by atoms with Crippen LogP contribution in [0.1, 0.15) is 41.3 Å². The summed E-state index contributed by atoms with van der Waals surface area (Å²) in [6.07, 6.45) is 0. The van der Waals surface area contributed by atoms with E-state index in [-0.39, 0.29) is 18.4 Å². The third kappa shape index (κ3) is 5.18. The van der Waals surface area contributed by atoms with Crippen LogP contribution in [0.3, 0.4) is 0 Å². The van der Waals surface area contributed by atoms with Crippen LogP contribution < -0.4 is 5.32 Å². The molecule has 0 fully saturated rings. The van der Waals surface area contributed by atoms with Gasteiger partial charge in [0.15, 0.2) is 6.61 Å². The summed E-state index contributed by atoms with van der Waals surface area (Å²) in [6, 6.07) is 22.7. The number of hydrogen-bond donors (Lipinski definition) is 1. The fourth-order valence-corrected chi connectivity index (χ4v) is 4.27. The zero-order chi connectivity index (χ0) is 24.2. The SMILES string of the molecule is Cc1cccc(C(C)C)c1NC(=O)COC(=O)c1cc(-c2cccc(Br)c2)nc2ccccc12. The lowest BCUT2D eigenvalue weighted by molar-refractivity contribution is -0.119. The van der Waals surface area contributed by atoms with Crippen molar-refractivity contribution >= 4 is 44.4 Å². The highest BCUT2D eigenvalue weighted by Crippen LogP contribution is 2.28. The number of halogens is 1. The lowest BCUT2D eigenvalue weighted by atomic mass is 9.98. The normalized spacial score (nSPS) is 11.0. The van der Waals surface area contributed by atoms with Gasteiger partial charge in [0.05, 0.1) is 16.8 Å². The first-order valence-electron chi connectivity index (χ1n) is 11.1. The van der Waals surface area contributed by atoms with E-state index in [2.05, 4.69) is 35.1 Å². The minimum atomic E-state index is -0.570. The lowest BCUT2D eigenvalue weighted by Crippen LogP contribution is -2.22. The number of esters is 1.